The number of hydrogen-bond acceptors (Lipinski definition) is 6. The van der Waals surface area contributed by atoms with E-state index in [9.17, 15) is 0 Å². The first-order valence-corrected chi connectivity index (χ1v) is 18.8. The highest BCUT2D eigenvalue weighted by Crippen LogP contribution is 2.44. The molecule has 0 bridgehead atoms. The largest absolute Gasteiger partial charge is 0.455 e. The molecule has 12 aromatic rings. The molecule has 0 fully saturated rings. The van der Waals surface area contributed by atoms with Crippen LogP contribution in [0, 0.1) is 0 Å². The molecule has 0 saturated carbocycles. The van der Waals surface area contributed by atoms with E-state index >= 15 is 0 Å². The Labute approximate surface area is 325 Å². The second-order valence-corrected chi connectivity index (χ2v) is 14.1. The van der Waals surface area contributed by atoms with Crippen molar-refractivity contribution in [3.8, 4) is 45.5 Å². The van der Waals surface area contributed by atoms with Crippen molar-refractivity contribution in [3.63, 3.8) is 0 Å². The monoisotopic (exact) mass is 731 g/mol. The minimum atomic E-state index is 0.581. The molecule has 6 heterocycles. The first-order valence-electron chi connectivity index (χ1n) is 18.8. The van der Waals surface area contributed by atoms with Gasteiger partial charge in [-0.25, -0.2) is 15.0 Å². The third-order valence-electron chi connectivity index (χ3n) is 11.0. The van der Waals surface area contributed by atoms with Crippen molar-refractivity contribution < 1.29 is 4.42 Å². The maximum Gasteiger partial charge on any atom is 0.164 e. The van der Waals surface area contributed by atoms with Crippen LogP contribution in [0.5, 0.6) is 0 Å². The van der Waals surface area contributed by atoms with E-state index in [1.54, 1.807) is 24.8 Å². The Hall–Kier alpha value is -7.97. The van der Waals surface area contributed by atoms with Crippen LogP contribution in [0.15, 0.2) is 181 Å². The van der Waals surface area contributed by atoms with E-state index < -0.39 is 0 Å². The third-order valence-corrected chi connectivity index (χ3v) is 11.0. The van der Waals surface area contributed by atoms with Gasteiger partial charge in [0.05, 0.1) is 32.8 Å². The standard InChI is InChI=1S/C49H29N7O/c1-2-8-33(9-3-1)55-39-12-6-4-10-37(39)43-41(55)20-18-35-36-19-21-42-44(46(36)57-45(35)43)38-11-5-7-13-40(38)56(42)34-16-14-30(15-17-34)47-52-48(31-22-26-50-27-23-31)54-49(53-47)32-24-28-51-29-25-32/h1-29H. The van der Waals surface area contributed by atoms with Gasteiger partial charge in [0.25, 0.3) is 0 Å². The topological polar surface area (TPSA) is 87.5 Å². The van der Waals surface area contributed by atoms with E-state index in [2.05, 4.69) is 146 Å². The smallest absolute Gasteiger partial charge is 0.164 e. The average Bonchev–Trinajstić information content (AvgIpc) is 3.95. The molecule has 0 aliphatic carbocycles. The summed E-state index contributed by atoms with van der Waals surface area (Å²) in [4.78, 5) is 23.0. The van der Waals surface area contributed by atoms with Crippen LogP contribution in [0.2, 0.25) is 0 Å². The summed E-state index contributed by atoms with van der Waals surface area (Å²) in [7, 11) is 0. The number of pyridine rings is 2. The molecule has 6 aromatic heterocycles. The van der Waals surface area contributed by atoms with Gasteiger partial charge in [-0.15, -0.1) is 0 Å². The Morgan fingerprint density at radius 1 is 0.333 bits per heavy atom. The van der Waals surface area contributed by atoms with Gasteiger partial charge >= 0.3 is 0 Å². The minimum Gasteiger partial charge on any atom is -0.455 e. The Morgan fingerprint density at radius 2 is 0.754 bits per heavy atom. The Morgan fingerprint density at radius 3 is 1.25 bits per heavy atom. The summed E-state index contributed by atoms with van der Waals surface area (Å²) in [5.74, 6) is 1.75. The Bertz CT molecular complexity index is 3440. The lowest BCUT2D eigenvalue weighted by atomic mass is 10.1. The summed E-state index contributed by atoms with van der Waals surface area (Å²) in [5, 5.41) is 6.70. The van der Waals surface area contributed by atoms with E-state index in [0.717, 1.165) is 88.2 Å². The summed E-state index contributed by atoms with van der Waals surface area (Å²) < 4.78 is 11.8. The van der Waals surface area contributed by atoms with Crippen LogP contribution in [-0.4, -0.2) is 34.1 Å². The normalized spacial score (nSPS) is 11.9. The van der Waals surface area contributed by atoms with Gasteiger partial charge in [-0.2, -0.15) is 0 Å². The Kier molecular flexibility index (Phi) is 6.76. The molecule has 6 aromatic carbocycles. The van der Waals surface area contributed by atoms with E-state index in [1.807, 2.05) is 24.3 Å². The van der Waals surface area contributed by atoms with Crippen molar-refractivity contribution >= 4 is 65.6 Å². The fraction of sp³-hybridized carbons (Fsp3) is 0. The van der Waals surface area contributed by atoms with Crippen molar-refractivity contribution in [2.45, 2.75) is 0 Å². The number of para-hydroxylation sites is 3. The SMILES string of the molecule is c1ccc(-n2c3ccccc3c3c4oc5c(ccc6c5c5ccccc5n6-c5ccc(-c6nc(-c7ccncc7)nc(-c7ccncc7)n6)cc5)c4ccc32)cc1. The van der Waals surface area contributed by atoms with E-state index in [4.69, 9.17) is 19.4 Å². The van der Waals surface area contributed by atoms with Gasteiger partial charge in [0, 0.05) is 74.4 Å². The van der Waals surface area contributed by atoms with Crippen LogP contribution in [0.3, 0.4) is 0 Å². The van der Waals surface area contributed by atoms with Gasteiger partial charge in [-0.3, -0.25) is 9.97 Å². The van der Waals surface area contributed by atoms with E-state index in [1.165, 1.54) is 5.39 Å². The molecule has 0 amide bonds. The highest BCUT2D eigenvalue weighted by atomic mass is 16.3. The number of nitrogens with zero attached hydrogens (tertiary/aromatic N) is 7. The number of benzene rings is 6. The lowest BCUT2D eigenvalue weighted by Gasteiger charge is -2.10. The summed E-state index contributed by atoms with van der Waals surface area (Å²) in [6.45, 7) is 0. The molecule has 8 heteroatoms. The zero-order valence-corrected chi connectivity index (χ0v) is 30.3. The molecule has 266 valence electrons. The van der Waals surface area contributed by atoms with Crippen LogP contribution < -0.4 is 0 Å². The van der Waals surface area contributed by atoms with Gasteiger partial charge in [0.2, 0.25) is 0 Å². The zero-order valence-electron chi connectivity index (χ0n) is 30.3. The maximum absolute atomic E-state index is 7.11. The van der Waals surface area contributed by atoms with Gasteiger partial charge in [0.1, 0.15) is 11.2 Å². The van der Waals surface area contributed by atoms with Gasteiger partial charge < -0.3 is 13.6 Å². The second kappa shape index (κ2) is 12.3. The summed E-state index contributed by atoms with van der Waals surface area (Å²) in [5.41, 5.74) is 11.0. The number of fused-ring (bicyclic) bond motifs is 11. The fourth-order valence-corrected chi connectivity index (χ4v) is 8.45. The van der Waals surface area contributed by atoms with Gasteiger partial charge in [-0.1, -0.05) is 54.6 Å². The highest BCUT2D eigenvalue weighted by molar-refractivity contribution is 6.29. The van der Waals surface area contributed by atoms with Crippen molar-refractivity contribution in [1.29, 1.82) is 0 Å². The maximum atomic E-state index is 7.11. The number of rotatable bonds is 5. The fourth-order valence-electron chi connectivity index (χ4n) is 8.45. The van der Waals surface area contributed by atoms with Crippen LogP contribution >= 0.6 is 0 Å². The molecule has 57 heavy (non-hydrogen) atoms. The lowest BCUT2D eigenvalue weighted by molar-refractivity contribution is 0.677. The molecule has 0 radical (unpaired) electrons. The van der Waals surface area contributed by atoms with E-state index in [0.29, 0.717) is 17.5 Å². The molecule has 12 rings (SSSR count). The molecule has 0 unspecified atom stereocenters. The molecule has 0 aliphatic heterocycles. The van der Waals surface area contributed by atoms with Crippen molar-refractivity contribution in [2.75, 3.05) is 0 Å². The molecule has 0 saturated heterocycles. The van der Waals surface area contributed by atoms with Gasteiger partial charge in [0.15, 0.2) is 17.5 Å². The number of hydrogen-bond donors (Lipinski definition) is 0. The molecule has 0 aliphatic rings. The summed E-state index contributed by atoms with van der Waals surface area (Å²) in [6.07, 6.45) is 6.98. The second-order valence-electron chi connectivity index (χ2n) is 14.1. The Balaban J connectivity index is 1.04. The molecule has 0 atom stereocenters. The zero-order chi connectivity index (χ0) is 37.5. The number of aromatic nitrogens is 7. The lowest BCUT2D eigenvalue weighted by Crippen LogP contribution is -2.00. The predicted octanol–water partition coefficient (Wildman–Crippen LogP) is 11.8. The molecule has 0 N–H and O–H groups in total. The van der Waals surface area contributed by atoms with E-state index in [-0.39, 0.29) is 0 Å². The third kappa shape index (κ3) is 4.77. The van der Waals surface area contributed by atoms with Crippen molar-refractivity contribution in [3.05, 3.63) is 176 Å². The van der Waals surface area contributed by atoms with Crippen LogP contribution in [0.1, 0.15) is 0 Å². The predicted molar refractivity (Wildman–Crippen MR) is 228 cm³/mol. The molecular weight excluding hydrogens is 703 g/mol. The first kappa shape index (κ1) is 31.4. The summed E-state index contributed by atoms with van der Waals surface area (Å²) in [6, 6.07) is 52.7. The molecule has 0 spiro atoms. The molecule has 8 nitrogen and oxygen atoms in total. The number of furan rings is 1. The van der Waals surface area contributed by atoms with Crippen molar-refractivity contribution in [1.82, 2.24) is 34.1 Å². The van der Waals surface area contributed by atoms with Crippen LogP contribution in [0.4, 0.5) is 0 Å². The van der Waals surface area contributed by atoms with Crippen LogP contribution in [0.25, 0.3) is 111 Å². The van der Waals surface area contributed by atoms with Crippen molar-refractivity contribution in [2.24, 2.45) is 0 Å². The minimum absolute atomic E-state index is 0.581. The highest BCUT2D eigenvalue weighted by Gasteiger charge is 2.22. The average molecular weight is 732 g/mol. The first-order chi connectivity index (χ1) is 28.3. The van der Waals surface area contributed by atoms with Gasteiger partial charge in [-0.05, 0) is 97.1 Å². The summed E-state index contributed by atoms with van der Waals surface area (Å²) >= 11 is 0. The quantitative estimate of drug-likeness (QED) is 0.175. The van der Waals surface area contributed by atoms with Crippen LogP contribution in [-0.2, 0) is 0 Å². The molecular formula is C49H29N7O.